The zero-order valence-corrected chi connectivity index (χ0v) is 11.7. The van der Waals surface area contributed by atoms with Crippen molar-refractivity contribution in [3.63, 3.8) is 0 Å². The van der Waals surface area contributed by atoms with E-state index in [1.54, 1.807) is 0 Å². The van der Waals surface area contributed by atoms with Gasteiger partial charge in [-0.3, -0.25) is 4.79 Å². The standard InChI is InChI=1S/C12H17ClN4O2/c1-16(2)4-8-3-9(19)5-17(8)12-10(6-18)11(13)14-7-15-12/h6-9,19H,3-5H2,1-2H3. The number of rotatable bonds is 4. The molecule has 1 aromatic heterocycles. The molecule has 0 bridgehead atoms. The van der Waals surface area contributed by atoms with Gasteiger partial charge in [0.15, 0.2) is 6.29 Å². The van der Waals surface area contributed by atoms with Gasteiger partial charge in [0.05, 0.1) is 11.7 Å². The summed E-state index contributed by atoms with van der Waals surface area (Å²) >= 11 is 5.92. The summed E-state index contributed by atoms with van der Waals surface area (Å²) in [6, 6.07) is 0.106. The fourth-order valence-corrected chi connectivity index (χ4v) is 2.61. The predicted molar refractivity (Wildman–Crippen MR) is 72.7 cm³/mol. The van der Waals surface area contributed by atoms with Crippen LogP contribution in [0.1, 0.15) is 16.8 Å². The van der Waals surface area contributed by atoms with E-state index >= 15 is 0 Å². The van der Waals surface area contributed by atoms with Gasteiger partial charge >= 0.3 is 0 Å². The van der Waals surface area contributed by atoms with E-state index in [2.05, 4.69) is 9.97 Å². The summed E-state index contributed by atoms with van der Waals surface area (Å²) in [7, 11) is 3.94. The van der Waals surface area contributed by atoms with Crippen LogP contribution in [0.15, 0.2) is 6.33 Å². The van der Waals surface area contributed by atoms with E-state index in [4.69, 9.17) is 11.6 Å². The van der Waals surface area contributed by atoms with Crippen LogP contribution >= 0.6 is 11.6 Å². The van der Waals surface area contributed by atoms with Crippen LogP contribution in [0.25, 0.3) is 0 Å². The first kappa shape index (κ1) is 14.2. The normalized spacial score (nSPS) is 23.1. The van der Waals surface area contributed by atoms with Crippen molar-refractivity contribution in [3.8, 4) is 0 Å². The first-order valence-corrected chi connectivity index (χ1v) is 6.45. The zero-order chi connectivity index (χ0) is 14.0. The maximum Gasteiger partial charge on any atom is 0.156 e. The molecule has 1 fully saturated rings. The molecule has 0 radical (unpaired) electrons. The number of aliphatic hydroxyl groups is 1. The van der Waals surface area contributed by atoms with Crippen LogP contribution in [-0.2, 0) is 0 Å². The number of likely N-dealkylation sites (N-methyl/N-ethyl adjacent to an activating group) is 1. The summed E-state index contributed by atoms with van der Waals surface area (Å²) in [6.07, 6.45) is 2.23. The molecular formula is C12H17ClN4O2. The second-order valence-corrected chi connectivity index (χ2v) is 5.34. The summed E-state index contributed by atoms with van der Waals surface area (Å²) in [5.74, 6) is 0.499. The number of β-amino-alcohol motifs (C(OH)–C–C–N with tert-alkyl or cyclic N) is 1. The van der Waals surface area contributed by atoms with Gasteiger partial charge in [0.2, 0.25) is 0 Å². The van der Waals surface area contributed by atoms with E-state index in [9.17, 15) is 9.90 Å². The average Bonchev–Trinajstić information content (AvgIpc) is 2.68. The first-order valence-electron chi connectivity index (χ1n) is 6.08. The monoisotopic (exact) mass is 284 g/mol. The maximum atomic E-state index is 11.2. The molecule has 6 nitrogen and oxygen atoms in total. The minimum Gasteiger partial charge on any atom is -0.391 e. The molecular weight excluding hydrogens is 268 g/mol. The molecule has 2 rings (SSSR count). The summed E-state index contributed by atoms with van der Waals surface area (Å²) in [4.78, 5) is 23.1. The topological polar surface area (TPSA) is 69.6 Å². The van der Waals surface area contributed by atoms with Crippen LogP contribution < -0.4 is 4.90 Å². The van der Waals surface area contributed by atoms with E-state index in [1.165, 1.54) is 6.33 Å². The van der Waals surface area contributed by atoms with Gasteiger partial charge in [-0.05, 0) is 20.5 Å². The number of aliphatic hydroxyl groups excluding tert-OH is 1. The molecule has 0 saturated carbocycles. The van der Waals surface area contributed by atoms with Gasteiger partial charge < -0.3 is 14.9 Å². The lowest BCUT2D eigenvalue weighted by Gasteiger charge is -2.28. The molecule has 0 amide bonds. The number of aromatic nitrogens is 2. The quantitative estimate of drug-likeness (QED) is 0.639. The second kappa shape index (κ2) is 5.81. The molecule has 1 aliphatic rings. The fourth-order valence-electron chi connectivity index (χ4n) is 2.44. The Kier molecular flexibility index (Phi) is 4.34. The lowest BCUT2D eigenvalue weighted by atomic mass is 10.2. The minimum atomic E-state index is -0.418. The molecule has 2 unspecified atom stereocenters. The highest BCUT2D eigenvalue weighted by Crippen LogP contribution is 2.28. The molecule has 1 saturated heterocycles. The van der Waals surface area contributed by atoms with E-state index in [-0.39, 0.29) is 16.8 Å². The molecule has 2 heterocycles. The predicted octanol–water partition coefficient (Wildman–Crippen LogP) is 0.444. The molecule has 1 aliphatic heterocycles. The minimum absolute atomic E-state index is 0.106. The molecule has 1 N–H and O–H groups in total. The molecule has 2 atom stereocenters. The van der Waals surface area contributed by atoms with Gasteiger partial charge in [0.1, 0.15) is 17.3 Å². The lowest BCUT2D eigenvalue weighted by molar-refractivity contribution is 0.112. The van der Waals surface area contributed by atoms with Gasteiger partial charge in [-0.15, -0.1) is 0 Å². The van der Waals surface area contributed by atoms with Gasteiger partial charge in [-0.25, -0.2) is 9.97 Å². The van der Waals surface area contributed by atoms with Crippen molar-refractivity contribution in [1.82, 2.24) is 14.9 Å². The Balaban J connectivity index is 2.33. The van der Waals surface area contributed by atoms with Crippen molar-refractivity contribution < 1.29 is 9.90 Å². The van der Waals surface area contributed by atoms with Gasteiger partial charge in [0, 0.05) is 19.1 Å². The van der Waals surface area contributed by atoms with Crippen molar-refractivity contribution in [1.29, 1.82) is 0 Å². The molecule has 0 aliphatic carbocycles. The van der Waals surface area contributed by atoms with Crippen LogP contribution in [0.3, 0.4) is 0 Å². The highest BCUT2D eigenvalue weighted by Gasteiger charge is 2.33. The number of halogens is 1. The maximum absolute atomic E-state index is 11.2. The Bertz CT molecular complexity index is 469. The van der Waals surface area contributed by atoms with Crippen LogP contribution in [0, 0.1) is 0 Å². The Morgan fingerprint density at radius 2 is 2.32 bits per heavy atom. The highest BCUT2D eigenvalue weighted by molar-refractivity contribution is 6.32. The van der Waals surface area contributed by atoms with Gasteiger partial charge in [0.25, 0.3) is 0 Å². The molecule has 19 heavy (non-hydrogen) atoms. The third kappa shape index (κ3) is 3.02. The summed E-state index contributed by atoms with van der Waals surface area (Å²) in [5.41, 5.74) is 0.280. The number of nitrogens with zero attached hydrogens (tertiary/aromatic N) is 4. The Morgan fingerprint density at radius 1 is 1.58 bits per heavy atom. The Hall–Kier alpha value is -1.24. The number of hydrogen-bond donors (Lipinski definition) is 1. The van der Waals surface area contributed by atoms with Crippen molar-refractivity contribution in [2.24, 2.45) is 0 Å². The largest absolute Gasteiger partial charge is 0.391 e. The van der Waals surface area contributed by atoms with Crippen LogP contribution in [0.4, 0.5) is 5.82 Å². The second-order valence-electron chi connectivity index (χ2n) is 4.98. The molecule has 104 valence electrons. The molecule has 1 aromatic rings. The third-order valence-corrected chi connectivity index (χ3v) is 3.47. The van der Waals surface area contributed by atoms with Crippen molar-refractivity contribution in [2.45, 2.75) is 18.6 Å². The SMILES string of the molecule is CN(C)CC1CC(O)CN1c1ncnc(Cl)c1C=O. The number of aldehydes is 1. The first-order chi connectivity index (χ1) is 9.02. The number of anilines is 1. The van der Waals surface area contributed by atoms with Crippen LogP contribution in [0.2, 0.25) is 5.15 Å². The highest BCUT2D eigenvalue weighted by atomic mass is 35.5. The molecule has 7 heteroatoms. The van der Waals surface area contributed by atoms with Crippen molar-refractivity contribution >= 4 is 23.7 Å². The number of carbonyl (C=O) groups excluding carboxylic acids is 1. The summed E-state index contributed by atoms with van der Waals surface area (Å²) in [5, 5.41) is 10.00. The van der Waals surface area contributed by atoms with Gasteiger partial charge in [-0.1, -0.05) is 11.6 Å². The van der Waals surface area contributed by atoms with Crippen LogP contribution in [-0.4, -0.2) is 65.6 Å². The van der Waals surface area contributed by atoms with E-state index in [1.807, 2.05) is 23.9 Å². The summed E-state index contributed by atoms with van der Waals surface area (Å²) in [6.45, 7) is 1.23. The average molecular weight is 285 g/mol. The number of carbonyl (C=O) groups is 1. The zero-order valence-electron chi connectivity index (χ0n) is 11.0. The van der Waals surface area contributed by atoms with E-state index in [0.717, 1.165) is 6.54 Å². The fraction of sp³-hybridized carbons (Fsp3) is 0.583. The van der Waals surface area contributed by atoms with E-state index in [0.29, 0.717) is 25.1 Å². The number of hydrogen-bond acceptors (Lipinski definition) is 6. The molecule has 0 aromatic carbocycles. The van der Waals surface area contributed by atoms with Crippen molar-refractivity contribution in [3.05, 3.63) is 17.0 Å². The Labute approximate surface area is 117 Å². The van der Waals surface area contributed by atoms with Crippen molar-refractivity contribution in [2.75, 3.05) is 32.1 Å². The third-order valence-electron chi connectivity index (χ3n) is 3.17. The van der Waals surface area contributed by atoms with Crippen LogP contribution in [0.5, 0.6) is 0 Å². The lowest BCUT2D eigenvalue weighted by Crippen LogP contribution is -2.38. The van der Waals surface area contributed by atoms with Gasteiger partial charge in [-0.2, -0.15) is 0 Å². The smallest absolute Gasteiger partial charge is 0.156 e. The van der Waals surface area contributed by atoms with E-state index < -0.39 is 6.10 Å². The Morgan fingerprint density at radius 3 is 2.95 bits per heavy atom. The molecule has 0 spiro atoms. The summed E-state index contributed by atoms with van der Waals surface area (Å²) < 4.78 is 0.